The van der Waals surface area contributed by atoms with Crippen LogP contribution in [0.15, 0.2) is 42.5 Å². The van der Waals surface area contributed by atoms with Crippen molar-refractivity contribution in [1.29, 1.82) is 0 Å². The van der Waals surface area contributed by atoms with Gasteiger partial charge in [0.1, 0.15) is 22.9 Å². The molecule has 0 radical (unpaired) electrons. The van der Waals surface area contributed by atoms with Gasteiger partial charge >= 0.3 is 0 Å². The fourth-order valence-corrected chi connectivity index (χ4v) is 4.33. The number of rotatable bonds is 5. The van der Waals surface area contributed by atoms with Crippen molar-refractivity contribution in [2.24, 2.45) is 7.05 Å². The van der Waals surface area contributed by atoms with Crippen LogP contribution in [-0.2, 0) is 16.6 Å². The third-order valence-electron chi connectivity index (χ3n) is 4.83. The molecule has 1 N–H and O–H groups in total. The maximum Gasteiger partial charge on any atom is 0.286 e. The normalized spacial score (nSPS) is 17.8. The Labute approximate surface area is 166 Å². The molecule has 0 saturated carbocycles. The van der Waals surface area contributed by atoms with Crippen LogP contribution in [0.5, 0.6) is 5.75 Å². The number of aryl methyl sites for hydroxylation is 1. The van der Waals surface area contributed by atoms with Gasteiger partial charge in [-0.05, 0) is 29.5 Å². The monoisotopic (exact) mass is 397 g/mol. The highest BCUT2D eigenvalue weighted by molar-refractivity contribution is 8.15. The summed E-state index contributed by atoms with van der Waals surface area (Å²) in [4.78, 5) is 28.2. The van der Waals surface area contributed by atoms with Crippen LogP contribution in [0.25, 0.3) is 22.4 Å². The minimum absolute atomic E-state index is 0.324. The van der Waals surface area contributed by atoms with E-state index in [1.54, 1.807) is 7.11 Å². The first-order chi connectivity index (χ1) is 13.5. The van der Waals surface area contributed by atoms with Crippen molar-refractivity contribution in [3.05, 3.63) is 48.0 Å². The van der Waals surface area contributed by atoms with Crippen molar-refractivity contribution in [3.8, 4) is 17.1 Å². The van der Waals surface area contributed by atoms with Gasteiger partial charge < -0.3 is 14.0 Å². The van der Waals surface area contributed by atoms with Crippen LogP contribution < -0.4 is 10.1 Å². The molecule has 1 aliphatic heterocycles. The van der Waals surface area contributed by atoms with Gasteiger partial charge in [-0.3, -0.25) is 14.9 Å². The number of hydrogen-bond donors (Lipinski definition) is 1. The topological polar surface area (TPSA) is 82.5 Å². The predicted octanol–water partition coefficient (Wildman–Crippen LogP) is 3.29. The molecule has 144 valence electrons. The molecule has 0 aliphatic carbocycles. The van der Waals surface area contributed by atoms with Gasteiger partial charge in [-0.25, -0.2) is 4.98 Å². The number of imide groups is 1. The first-order valence-electron chi connectivity index (χ1n) is 8.67. The summed E-state index contributed by atoms with van der Waals surface area (Å²) in [5.74, 6) is 1.28. The Balaban J connectivity index is 1.66. The van der Waals surface area contributed by atoms with Crippen molar-refractivity contribution in [1.82, 2.24) is 14.9 Å². The van der Waals surface area contributed by atoms with Gasteiger partial charge in [-0.1, -0.05) is 24.3 Å². The molecule has 2 heterocycles. The number of methoxy groups -OCH3 is 2. The summed E-state index contributed by atoms with van der Waals surface area (Å²) < 4.78 is 12.8. The van der Waals surface area contributed by atoms with Crippen molar-refractivity contribution >= 4 is 33.9 Å². The highest BCUT2D eigenvalue weighted by Crippen LogP contribution is 2.34. The second kappa shape index (κ2) is 7.29. The Hall–Kier alpha value is -2.84. The molecule has 1 aliphatic rings. The lowest BCUT2D eigenvalue weighted by atomic mass is 10.0. The highest BCUT2D eigenvalue weighted by atomic mass is 32.2. The van der Waals surface area contributed by atoms with Crippen LogP contribution in [0.4, 0.5) is 4.79 Å². The second-order valence-corrected chi connectivity index (χ2v) is 7.56. The number of hydrogen-bond acceptors (Lipinski definition) is 6. The summed E-state index contributed by atoms with van der Waals surface area (Å²) in [6, 6.07) is 13.5. The molecular formula is C20H19N3O4S. The lowest BCUT2D eigenvalue weighted by Gasteiger charge is -2.19. The van der Waals surface area contributed by atoms with Gasteiger partial charge in [0, 0.05) is 25.8 Å². The summed E-state index contributed by atoms with van der Waals surface area (Å²) in [5.41, 5.74) is 3.63. The molecule has 1 aromatic heterocycles. The zero-order valence-corrected chi connectivity index (χ0v) is 16.4. The minimum Gasteiger partial charge on any atom is -0.497 e. The van der Waals surface area contributed by atoms with E-state index < -0.39 is 11.4 Å². The van der Waals surface area contributed by atoms with Crippen molar-refractivity contribution in [2.45, 2.75) is 11.4 Å². The lowest BCUT2D eigenvalue weighted by Crippen LogP contribution is -2.29. The number of aromatic nitrogens is 2. The third-order valence-corrected chi connectivity index (χ3v) is 5.86. The highest BCUT2D eigenvalue weighted by Gasteiger charge is 2.39. The van der Waals surface area contributed by atoms with E-state index in [4.69, 9.17) is 14.5 Å². The summed E-state index contributed by atoms with van der Waals surface area (Å²) in [6.07, 6.45) is -0.504. The van der Waals surface area contributed by atoms with Gasteiger partial charge in [0.15, 0.2) is 0 Å². The Morgan fingerprint density at radius 3 is 2.50 bits per heavy atom. The van der Waals surface area contributed by atoms with Crippen molar-refractivity contribution in [2.75, 3.05) is 14.2 Å². The van der Waals surface area contributed by atoms with Gasteiger partial charge in [0.05, 0.1) is 18.1 Å². The maximum atomic E-state index is 12.0. The Morgan fingerprint density at radius 1 is 1.14 bits per heavy atom. The van der Waals surface area contributed by atoms with Gasteiger partial charge in [0.2, 0.25) is 5.91 Å². The fraction of sp³-hybridized carbons (Fsp3) is 0.250. The molecule has 2 amide bonds. The van der Waals surface area contributed by atoms with Gasteiger partial charge in [0.25, 0.3) is 5.24 Å². The van der Waals surface area contributed by atoms with Crippen LogP contribution in [0.2, 0.25) is 0 Å². The largest absolute Gasteiger partial charge is 0.497 e. The number of nitrogens with one attached hydrogen (secondary N) is 1. The first kappa shape index (κ1) is 18.5. The number of imidazole rings is 1. The van der Waals surface area contributed by atoms with Crippen molar-refractivity contribution in [3.63, 3.8) is 0 Å². The average molecular weight is 397 g/mol. The Kier molecular flexibility index (Phi) is 4.82. The third kappa shape index (κ3) is 3.14. The second-order valence-electron chi connectivity index (χ2n) is 6.44. The molecule has 8 heteroatoms. The van der Waals surface area contributed by atoms with E-state index in [2.05, 4.69) is 5.32 Å². The summed E-state index contributed by atoms with van der Waals surface area (Å²) >= 11 is 0.958. The number of carbonyl (C=O) groups excluding carboxylic acids is 2. The molecule has 0 spiro atoms. The maximum absolute atomic E-state index is 12.0. The standard InChI is InChI=1S/C20H19N3O4S/c1-23-15-10-13(26-2)8-9-14(15)21-18(23)12-6-4-11(5-7-12)16(27-3)17-19(24)22-20(25)28-17/h4-10,16-17H,1-3H3,(H,22,24,25). The SMILES string of the molecule is COc1ccc2nc(-c3ccc(C(OC)C4SC(=O)NC4=O)cc3)n(C)c2c1. The van der Waals surface area contributed by atoms with Crippen LogP contribution in [0.1, 0.15) is 11.7 Å². The molecule has 7 nitrogen and oxygen atoms in total. The molecule has 2 unspecified atom stereocenters. The number of carbonyl (C=O) groups is 2. The molecule has 3 aromatic rings. The molecule has 1 saturated heterocycles. The van der Waals surface area contributed by atoms with Gasteiger partial charge in [-0.15, -0.1) is 0 Å². The van der Waals surface area contributed by atoms with Crippen molar-refractivity contribution < 1.29 is 19.1 Å². The summed E-state index contributed by atoms with van der Waals surface area (Å²) in [6.45, 7) is 0. The van der Waals surface area contributed by atoms with Crippen LogP contribution in [0.3, 0.4) is 0 Å². The van der Waals surface area contributed by atoms with Crippen LogP contribution in [0, 0.1) is 0 Å². The Bertz CT molecular complexity index is 1060. The summed E-state index contributed by atoms with van der Waals surface area (Å²) in [5, 5.41) is 1.37. The molecule has 4 rings (SSSR count). The van der Waals surface area contributed by atoms with Crippen LogP contribution >= 0.6 is 11.8 Å². The Morgan fingerprint density at radius 2 is 1.89 bits per heavy atom. The molecular weight excluding hydrogens is 378 g/mol. The number of nitrogens with zero attached hydrogens (tertiary/aromatic N) is 2. The average Bonchev–Trinajstić information content (AvgIpc) is 3.21. The number of ether oxygens (including phenoxy) is 2. The number of thioether (sulfide) groups is 1. The summed E-state index contributed by atoms with van der Waals surface area (Å²) in [7, 11) is 5.13. The van der Waals surface area contributed by atoms with E-state index in [-0.39, 0.29) is 11.1 Å². The number of benzene rings is 2. The smallest absolute Gasteiger partial charge is 0.286 e. The molecule has 0 bridgehead atoms. The van der Waals surface area contributed by atoms with Gasteiger partial charge in [-0.2, -0.15) is 0 Å². The first-order valence-corrected chi connectivity index (χ1v) is 9.55. The zero-order chi connectivity index (χ0) is 19.8. The quantitative estimate of drug-likeness (QED) is 0.711. The van der Waals surface area contributed by atoms with E-state index in [1.807, 2.05) is 54.1 Å². The molecule has 2 atom stereocenters. The number of fused-ring (bicyclic) bond motifs is 1. The van der Waals surface area contributed by atoms with E-state index in [9.17, 15) is 9.59 Å². The predicted molar refractivity (Wildman–Crippen MR) is 107 cm³/mol. The van der Waals surface area contributed by atoms with Crippen LogP contribution in [-0.4, -0.2) is 40.2 Å². The minimum atomic E-state index is -0.591. The fourth-order valence-electron chi connectivity index (χ4n) is 3.38. The van der Waals surface area contributed by atoms with E-state index in [0.29, 0.717) is 0 Å². The number of amides is 2. The molecule has 1 fully saturated rings. The molecule has 28 heavy (non-hydrogen) atoms. The lowest BCUT2D eigenvalue weighted by molar-refractivity contribution is -0.121. The molecule has 2 aromatic carbocycles. The van der Waals surface area contributed by atoms with E-state index in [1.165, 1.54) is 7.11 Å². The van der Waals surface area contributed by atoms with E-state index in [0.717, 1.165) is 45.5 Å². The zero-order valence-electron chi connectivity index (χ0n) is 15.6. The van der Waals surface area contributed by atoms with E-state index >= 15 is 0 Å².